The molecule has 11 nitrogen and oxygen atoms in total. The van der Waals surface area contributed by atoms with Crippen LogP contribution in [0.25, 0.3) is 10.9 Å². The molecule has 0 spiro atoms. The van der Waals surface area contributed by atoms with Gasteiger partial charge in [-0.25, -0.2) is 4.98 Å². The van der Waals surface area contributed by atoms with Crippen LogP contribution < -0.4 is 30.4 Å². The van der Waals surface area contributed by atoms with E-state index in [1.807, 2.05) is 24.3 Å². The third-order valence-electron chi connectivity index (χ3n) is 6.73. The maximum Gasteiger partial charge on any atom is 0.262 e. The smallest absolute Gasteiger partial charge is 0.262 e. The number of amides is 2. The lowest BCUT2D eigenvalue weighted by Gasteiger charge is -2.14. The number of nitrogens with zero attached hydrogens (tertiary/aromatic N) is 2. The van der Waals surface area contributed by atoms with Crippen molar-refractivity contribution in [1.29, 1.82) is 0 Å². The summed E-state index contributed by atoms with van der Waals surface area (Å²) < 4.78 is 23.1. The number of carbonyl (C=O) groups is 2. The van der Waals surface area contributed by atoms with Gasteiger partial charge in [0.2, 0.25) is 18.6 Å². The van der Waals surface area contributed by atoms with Crippen LogP contribution in [0.2, 0.25) is 0 Å². The number of hydrogen-bond donors (Lipinski definition) is 2. The Hall–Kier alpha value is -3.77. The van der Waals surface area contributed by atoms with Gasteiger partial charge in [-0.05, 0) is 43.0 Å². The molecule has 0 radical (unpaired) electrons. The Kier molecular flexibility index (Phi) is 9.07. The van der Waals surface area contributed by atoms with E-state index in [9.17, 15) is 14.4 Å². The molecule has 0 unspecified atom stereocenters. The Bertz CT molecular complexity index is 1420. The molecule has 3 aromatic rings. The molecule has 0 bridgehead atoms. The lowest BCUT2D eigenvalue weighted by molar-refractivity contribution is -0.121. The summed E-state index contributed by atoms with van der Waals surface area (Å²) in [7, 11) is 1.60. The first-order chi connectivity index (χ1) is 19.5. The Morgan fingerprint density at radius 2 is 1.93 bits per heavy atom. The van der Waals surface area contributed by atoms with Crippen molar-refractivity contribution in [2.75, 3.05) is 32.8 Å². The van der Waals surface area contributed by atoms with Gasteiger partial charge >= 0.3 is 0 Å². The van der Waals surface area contributed by atoms with Crippen LogP contribution in [0.3, 0.4) is 0 Å². The van der Waals surface area contributed by atoms with Crippen LogP contribution >= 0.6 is 11.8 Å². The molecule has 5 rings (SSSR count). The van der Waals surface area contributed by atoms with Gasteiger partial charge in [-0.2, -0.15) is 0 Å². The Balaban J connectivity index is 1.24. The summed E-state index contributed by atoms with van der Waals surface area (Å²) in [5, 5.41) is 6.60. The molecule has 3 heterocycles. The highest BCUT2D eigenvalue weighted by molar-refractivity contribution is 7.99. The highest BCUT2D eigenvalue weighted by Crippen LogP contribution is 2.35. The monoisotopic (exact) mass is 568 g/mol. The molecule has 2 aromatic carbocycles. The zero-order valence-corrected chi connectivity index (χ0v) is 23.1. The van der Waals surface area contributed by atoms with Crippen molar-refractivity contribution >= 4 is 34.5 Å². The number of carbonyl (C=O) groups excluding carboxylic acids is 2. The number of methoxy groups -OCH3 is 1. The van der Waals surface area contributed by atoms with Crippen molar-refractivity contribution in [2.45, 2.75) is 50.0 Å². The van der Waals surface area contributed by atoms with E-state index in [4.69, 9.17) is 18.9 Å². The Morgan fingerprint density at radius 1 is 1.12 bits per heavy atom. The summed E-state index contributed by atoms with van der Waals surface area (Å²) in [6, 6.07) is 10.8. The minimum Gasteiger partial charge on any atom is -0.497 e. The normalized spacial score (nSPS) is 15.8. The second-order valence-electron chi connectivity index (χ2n) is 9.53. The first-order valence-corrected chi connectivity index (χ1v) is 14.2. The van der Waals surface area contributed by atoms with E-state index in [2.05, 4.69) is 15.6 Å². The zero-order valence-electron chi connectivity index (χ0n) is 22.3. The number of rotatable bonds is 12. The fraction of sp³-hybridized carbons (Fsp3) is 0.429. The van der Waals surface area contributed by atoms with Crippen molar-refractivity contribution in [3.8, 4) is 17.2 Å². The zero-order chi connectivity index (χ0) is 27.9. The van der Waals surface area contributed by atoms with Crippen molar-refractivity contribution in [2.24, 2.45) is 0 Å². The summed E-state index contributed by atoms with van der Waals surface area (Å²) in [5.41, 5.74) is 1.16. The van der Waals surface area contributed by atoms with E-state index in [0.29, 0.717) is 47.1 Å². The highest BCUT2D eigenvalue weighted by Gasteiger charge is 2.21. The summed E-state index contributed by atoms with van der Waals surface area (Å²) >= 11 is 1.19. The topological polar surface area (TPSA) is 130 Å². The lowest BCUT2D eigenvalue weighted by Crippen LogP contribution is -2.33. The molecule has 0 saturated carbocycles. The Labute approximate surface area is 235 Å². The average Bonchev–Trinajstić information content (AvgIpc) is 3.66. The summed E-state index contributed by atoms with van der Waals surface area (Å²) in [4.78, 5) is 43.2. The predicted molar refractivity (Wildman–Crippen MR) is 149 cm³/mol. The van der Waals surface area contributed by atoms with Crippen LogP contribution in [0.15, 0.2) is 46.3 Å². The van der Waals surface area contributed by atoms with E-state index in [1.165, 1.54) is 16.3 Å². The van der Waals surface area contributed by atoms with Gasteiger partial charge in [0.1, 0.15) is 5.75 Å². The van der Waals surface area contributed by atoms with Gasteiger partial charge in [0.15, 0.2) is 16.7 Å². The molecule has 2 N–H and O–H groups in total. The molecule has 12 heteroatoms. The number of nitrogens with one attached hydrogen (secondary N) is 2. The molecule has 0 aliphatic carbocycles. The maximum absolute atomic E-state index is 13.5. The average molecular weight is 569 g/mol. The first-order valence-electron chi connectivity index (χ1n) is 13.2. The van der Waals surface area contributed by atoms with Gasteiger partial charge in [-0.15, -0.1) is 0 Å². The fourth-order valence-corrected chi connectivity index (χ4v) is 5.40. The first kappa shape index (κ1) is 27.8. The molecule has 1 atom stereocenters. The molecular weight excluding hydrogens is 536 g/mol. The molecule has 2 aliphatic rings. The minimum atomic E-state index is -0.260. The number of benzene rings is 2. The second kappa shape index (κ2) is 13.1. The molecule has 212 valence electrons. The fourth-order valence-electron chi connectivity index (χ4n) is 4.54. The molecular formula is C28H32N4O7S. The third-order valence-corrected chi connectivity index (χ3v) is 7.71. The largest absolute Gasteiger partial charge is 0.497 e. The standard InChI is InChI=1S/C28H32N4O7S/c1-36-19-8-6-18(7-9-19)14-29-25(33)5-2-10-32-27(35)21-12-23-24(39-17-38-23)13-22(21)31-28(32)40-16-26(34)30-15-20-4-3-11-37-20/h6-9,12-13,20H,2-5,10-11,14-17H2,1H3,(H,29,33)(H,30,34)/t20-/m1/s1. The summed E-state index contributed by atoms with van der Waals surface area (Å²) in [6.07, 6.45) is 2.63. The van der Waals surface area contributed by atoms with Gasteiger partial charge in [0.05, 0.1) is 29.9 Å². The molecule has 2 amide bonds. The molecule has 1 aromatic heterocycles. The van der Waals surface area contributed by atoms with Crippen molar-refractivity contribution in [3.63, 3.8) is 0 Å². The van der Waals surface area contributed by atoms with E-state index in [0.717, 1.165) is 30.8 Å². The number of hydrogen-bond acceptors (Lipinski definition) is 9. The second-order valence-corrected chi connectivity index (χ2v) is 10.5. The quantitative estimate of drug-likeness (QED) is 0.250. The van der Waals surface area contributed by atoms with Crippen LogP contribution in [0.1, 0.15) is 31.2 Å². The van der Waals surface area contributed by atoms with Gasteiger partial charge in [-0.3, -0.25) is 19.0 Å². The Morgan fingerprint density at radius 3 is 2.67 bits per heavy atom. The number of fused-ring (bicyclic) bond motifs is 2. The molecule has 2 aliphatic heterocycles. The lowest BCUT2D eigenvalue weighted by atomic mass is 10.2. The number of thioether (sulfide) groups is 1. The van der Waals surface area contributed by atoms with Gasteiger partial charge < -0.3 is 29.6 Å². The molecule has 40 heavy (non-hydrogen) atoms. The number of ether oxygens (including phenoxy) is 4. The SMILES string of the molecule is COc1ccc(CNC(=O)CCCn2c(SCC(=O)NC[C@H]3CCCO3)nc3cc4c(cc3c2=O)OCO4)cc1. The van der Waals surface area contributed by atoms with Gasteiger partial charge in [0, 0.05) is 38.7 Å². The van der Waals surface area contributed by atoms with Crippen molar-refractivity contribution in [1.82, 2.24) is 20.2 Å². The van der Waals surface area contributed by atoms with Crippen LogP contribution in [-0.4, -0.2) is 60.3 Å². The highest BCUT2D eigenvalue weighted by atomic mass is 32.2. The van der Waals surface area contributed by atoms with Gasteiger partial charge in [0.25, 0.3) is 5.56 Å². The van der Waals surface area contributed by atoms with Crippen molar-refractivity contribution in [3.05, 3.63) is 52.3 Å². The van der Waals surface area contributed by atoms with E-state index in [1.54, 1.807) is 19.2 Å². The summed E-state index contributed by atoms with van der Waals surface area (Å²) in [6.45, 7) is 1.94. The molecule has 1 saturated heterocycles. The summed E-state index contributed by atoms with van der Waals surface area (Å²) in [5.74, 6) is 1.58. The van der Waals surface area contributed by atoms with Crippen LogP contribution in [0.5, 0.6) is 17.2 Å². The number of aromatic nitrogens is 2. The van der Waals surface area contributed by atoms with Crippen LogP contribution in [0.4, 0.5) is 0 Å². The van der Waals surface area contributed by atoms with E-state index >= 15 is 0 Å². The third kappa shape index (κ3) is 6.86. The van der Waals surface area contributed by atoms with Crippen molar-refractivity contribution < 1.29 is 28.5 Å². The predicted octanol–water partition coefficient (Wildman–Crippen LogP) is 2.62. The van der Waals surface area contributed by atoms with E-state index < -0.39 is 0 Å². The van der Waals surface area contributed by atoms with Crippen LogP contribution in [0, 0.1) is 0 Å². The molecule has 1 fully saturated rings. The van der Waals surface area contributed by atoms with Crippen LogP contribution in [-0.2, 0) is 27.4 Å². The maximum atomic E-state index is 13.5. The minimum absolute atomic E-state index is 0.0473. The van der Waals surface area contributed by atoms with E-state index in [-0.39, 0.29) is 49.0 Å². The van der Waals surface area contributed by atoms with Gasteiger partial charge in [-0.1, -0.05) is 23.9 Å².